The molecule has 0 aromatic heterocycles. The maximum absolute atomic E-state index is 12.3. The first-order chi connectivity index (χ1) is 12.1. The molecular formula is C21H21IO3. The van der Waals surface area contributed by atoms with Gasteiger partial charge in [-0.2, -0.15) is 0 Å². The first-order valence-electron chi connectivity index (χ1n) is 8.69. The van der Waals surface area contributed by atoms with Crippen LogP contribution in [0.4, 0.5) is 0 Å². The van der Waals surface area contributed by atoms with Crippen molar-refractivity contribution in [3.05, 3.63) is 68.8 Å². The standard InChI is InChI=1S/C21H21IO3/c22-19-8-4-7-18(13-19)21(24)25-14-20(23)17-11-9-16(10-12-17)15-5-2-1-3-6-15/h4,7-13,15H,1-3,5-6,14H2. The Hall–Kier alpha value is -1.69. The molecule has 3 rings (SSSR count). The molecule has 1 fully saturated rings. The highest BCUT2D eigenvalue weighted by molar-refractivity contribution is 14.1. The van der Waals surface area contributed by atoms with Gasteiger partial charge in [-0.05, 0) is 65.1 Å². The number of rotatable bonds is 5. The van der Waals surface area contributed by atoms with Gasteiger partial charge in [0.25, 0.3) is 0 Å². The van der Waals surface area contributed by atoms with Crippen LogP contribution in [0.25, 0.3) is 0 Å². The largest absolute Gasteiger partial charge is 0.454 e. The van der Waals surface area contributed by atoms with Crippen LogP contribution in [0.2, 0.25) is 0 Å². The molecule has 25 heavy (non-hydrogen) atoms. The smallest absolute Gasteiger partial charge is 0.338 e. The maximum atomic E-state index is 12.3. The minimum absolute atomic E-state index is 0.172. The molecule has 130 valence electrons. The lowest BCUT2D eigenvalue weighted by Crippen LogP contribution is -2.14. The second kappa shape index (κ2) is 8.61. The van der Waals surface area contributed by atoms with Gasteiger partial charge in [0.15, 0.2) is 12.4 Å². The Kier molecular flexibility index (Phi) is 6.24. The topological polar surface area (TPSA) is 43.4 Å². The second-order valence-corrected chi connectivity index (χ2v) is 7.71. The number of halogens is 1. The quantitative estimate of drug-likeness (QED) is 0.351. The van der Waals surface area contributed by atoms with E-state index in [9.17, 15) is 9.59 Å². The summed E-state index contributed by atoms with van der Waals surface area (Å²) in [5.41, 5.74) is 2.37. The molecule has 0 bridgehead atoms. The van der Waals surface area contributed by atoms with Crippen LogP contribution in [0.1, 0.15) is 64.3 Å². The summed E-state index contributed by atoms with van der Waals surface area (Å²) in [6, 6.07) is 14.9. The van der Waals surface area contributed by atoms with Crippen LogP contribution in [0.5, 0.6) is 0 Å². The third-order valence-electron chi connectivity index (χ3n) is 4.70. The van der Waals surface area contributed by atoms with Crippen LogP contribution in [-0.4, -0.2) is 18.4 Å². The summed E-state index contributed by atoms with van der Waals surface area (Å²) >= 11 is 2.14. The minimum atomic E-state index is -0.467. The molecule has 0 heterocycles. The first-order valence-corrected chi connectivity index (χ1v) is 9.77. The van der Waals surface area contributed by atoms with Crippen molar-refractivity contribution in [1.29, 1.82) is 0 Å². The summed E-state index contributed by atoms with van der Waals surface area (Å²) in [6.45, 7) is -0.229. The molecule has 0 aliphatic heterocycles. The van der Waals surface area contributed by atoms with E-state index in [0.717, 1.165) is 3.57 Å². The number of ether oxygens (including phenoxy) is 1. The fourth-order valence-electron chi connectivity index (χ4n) is 3.29. The van der Waals surface area contributed by atoms with Gasteiger partial charge in [0.2, 0.25) is 0 Å². The number of hydrogen-bond acceptors (Lipinski definition) is 3. The van der Waals surface area contributed by atoms with Gasteiger partial charge >= 0.3 is 5.97 Å². The van der Waals surface area contributed by atoms with Gasteiger partial charge in [0.1, 0.15) is 0 Å². The van der Waals surface area contributed by atoms with Crippen molar-refractivity contribution >= 4 is 34.3 Å². The predicted octanol–water partition coefficient (Wildman–Crippen LogP) is 5.38. The SMILES string of the molecule is O=C(COC(=O)c1cccc(I)c1)c1ccc(C2CCCCC2)cc1. The Morgan fingerprint density at radius 1 is 0.960 bits per heavy atom. The number of carbonyl (C=O) groups is 2. The predicted molar refractivity (Wildman–Crippen MR) is 106 cm³/mol. The molecule has 0 atom stereocenters. The Balaban J connectivity index is 1.56. The highest BCUT2D eigenvalue weighted by atomic mass is 127. The lowest BCUT2D eigenvalue weighted by atomic mass is 9.84. The third-order valence-corrected chi connectivity index (χ3v) is 5.37. The molecule has 1 saturated carbocycles. The Morgan fingerprint density at radius 2 is 1.68 bits per heavy atom. The van der Waals surface area contributed by atoms with Gasteiger partial charge in [-0.15, -0.1) is 0 Å². The number of esters is 1. The van der Waals surface area contributed by atoms with Gasteiger partial charge in [0, 0.05) is 9.13 Å². The van der Waals surface area contributed by atoms with E-state index in [2.05, 4.69) is 22.6 Å². The maximum Gasteiger partial charge on any atom is 0.338 e. The average molecular weight is 448 g/mol. The normalized spacial score (nSPS) is 14.9. The Labute approximate surface area is 161 Å². The van der Waals surface area contributed by atoms with Gasteiger partial charge in [-0.3, -0.25) is 4.79 Å². The third kappa shape index (κ3) is 4.91. The van der Waals surface area contributed by atoms with Crippen LogP contribution in [0.15, 0.2) is 48.5 Å². The average Bonchev–Trinajstić information content (AvgIpc) is 2.66. The van der Waals surface area contributed by atoms with E-state index >= 15 is 0 Å². The zero-order valence-electron chi connectivity index (χ0n) is 14.0. The summed E-state index contributed by atoms with van der Waals surface area (Å²) in [6.07, 6.45) is 6.39. The summed E-state index contributed by atoms with van der Waals surface area (Å²) in [5.74, 6) is -0.0175. The van der Waals surface area contributed by atoms with Crippen LogP contribution in [0.3, 0.4) is 0 Å². The number of benzene rings is 2. The van der Waals surface area contributed by atoms with Crippen molar-refractivity contribution in [3.63, 3.8) is 0 Å². The molecule has 0 unspecified atom stereocenters. The van der Waals surface area contributed by atoms with Crippen LogP contribution in [-0.2, 0) is 4.74 Å². The highest BCUT2D eigenvalue weighted by Crippen LogP contribution is 2.32. The summed E-state index contributed by atoms with van der Waals surface area (Å²) in [7, 11) is 0. The van der Waals surface area contributed by atoms with Gasteiger partial charge in [-0.1, -0.05) is 49.6 Å². The fraction of sp³-hybridized carbons (Fsp3) is 0.333. The highest BCUT2D eigenvalue weighted by Gasteiger charge is 2.16. The Bertz CT molecular complexity index is 746. The van der Waals surface area contributed by atoms with Crippen molar-refractivity contribution < 1.29 is 14.3 Å². The van der Waals surface area contributed by atoms with Crippen molar-refractivity contribution in [2.75, 3.05) is 6.61 Å². The summed E-state index contributed by atoms with van der Waals surface area (Å²) in [5, 5.41) is 0. The lowest BCUT2D eigenvalue weighted by Gasteiger charge is -2.22. The van der Waals surface area contributed by atoms with E-state index in [0.29, 0.717) is 17.0 Å². The molecule has 1 aliphatic rings. The monoisotopic (exact) mass is 448 g/mol. The molecular weight excluding hydrogens is 427 g/mol. The van der Waals surface area contributed by atoms with Crippen molar-refractivity contribution in [2.24, 2.45) is 0 Å². The molecule has 2 aromatic rings. The molecule has 4 heteroatoms. The van der Waals surface area contributed by atoms with Crippen molar-refractivity contribution in [1.82, 2.24) is 0 Å². The van der Waals surface area contributed by atoms with E-state index in [1.165, 1.54) is 37.7 Å². The molecule has 0 radical (unpaired) electrons. The van der Waals surface area contributed by atoms with Crippen LogP contribution >= 0.6 is 22.6 Å². The number of Topliss-reactive ketones (excluding diaryl/α,β-unsaturated/α-hetero) is 1. The van der Waals surface area contributed by atoms with E-state index in [-0.39, 0.29) is 12.4 Å². The zero-order valence-corrected chi connectivity index (χ0v) is 16.2. The molecule has 3 nitrogen and oxygen atoms in total. The van der Waals surface area contributed by atoms with E-state index in [4.69, 9.17) is 4.74 Å². The molecule has 2 aromatic carbocycles. The lowest BCUT2D eigenvalue weighted by molar-refractivity contribution is 0.0474. The zero-order chi connectivity index (χ0) is 17.6. The first kappa shape index (κ1) is 18.1. The number of ketones is 1. The second-order valence-electron chi connectivity index (χ2n) is 6.47. The fourth-order valence-corrected chi connectivity index (χ4v) is 3.83. The molecule has 0 N–H and O–H groups in total. The van der Waals surface area contributed by atoms with Gasteiger partial charge in [0.05, 0.1) is 5.56 Å². The van der Waals surface area contributed by atoms with Crippen molar-refractivity contribution in [2.45, 2.75) is 38.0 Å². The van der Waals surface area contributed by atoms with E-state index in [1.807, 2.05) is 30.3 Å². The molecule has 0 amide bonds. The summed E-state index contributed by atoms with van der Waals surface area (Å²) in [4.78, 5) is 24.3. The van der Waals surface area contributed by atoms with Crippen LogP contribution < -0.4 is 0 Å². The molecule has 1 aliphatic carbocycles. The summed E-state index contributed by atoms with van der Waals surface area (Å²) < 4.78 is 6.11. The van der Waals surface area contributed by atoms with E-state index < -0.39 is 5.97 Å². The minimum Gasteiger partial charge on any atom is -0.454 e. The number of hydrogen-bond donors (Lipinski definition) is 0. The molecule has 0 spiro atoms. The molecule has 0 saturated heterocycles. The van der Waals surface area contributed by atoms with Crippen LogP contribution in [0, 0.1) is 3.57 Å². The van der Waals surface area contributed by atoms with Gasteiger partial charge < -0.3 is 4.74 Å². The van der Waals surface area contributed by atoms with Gasteiger partial charge in [-0.25, -0.2) is 4.79 Å². The Morgan fingerprint density at radius 3 is 2.36 bits per heavy atom. The number of carbonyl (C=O) groups excluding carboxylic acids is 2. The van der Waals surface area contributed by atoms with E-state index in [1.54, 1.807) is 18.2 Å². The van der Waals surface area contributed by atoms with Crippen molar-refractivity contribution in [3.8, 4) is 0 Å².